The van der Waals surface area contributed by atoms with Crippen LogP contribution in [0.2, 0.25) is 0 Å². The quantitative estimate of drug-likeness (QED) is 0.147. The van der Waals surface area contributed by atoms with Crippen LogP contribution < -0.4 is 10.6 Å². The summed E-state index contributed by atoms with van der Waals surface area (Å²) in [6, 6.07) is 18.7. The third-order valence-corrected chi connectivity index (χ3v) is 9.22. The average molecular weight is 660 g/mol. The number of pyridine rings is 1. The number of carboxylic acids is 1. The lowest BCUT2D eigenvalue weighted by molar-refractivity contribution is -0.144. The molecule has 14 heteroatoms. The number of nitrogens with one attached hydrogen (secondary N) is 2. The number of anilines is 3. The van der Waals surface area contributed by atoms with E-state index in [9.17, 15) is 19.0 Å². The Kier molecular flexibility index (Phi) is 11.1. The summed E-state index contributed by atoms with van der Waals surface area (Å²) in [6.07, 6.45) is 3.69. The van der Waals surface area contributed by atoms with E-state index in [2.05, 4.69) is 35.4 Å². The number of aromatic nitrogens is 3. The van der Waals surface area contributed by atoms with Gasteiger partial charge >= 0.3 is 13.6 Å². The number of aryl methyl sites for hydroxylation is 1. The lowest BCUT2D eigenvalue weighted by Crippen LogP contribution is -2.46. The molecule has 2 aromatic heterocycles. The summed E-state index contributed by atoms with van der Waals surface area (Å²) in [5.74, 6) is -1.06. The van der Waals surface area contributed by atoms with Crippen LogP contribution in [0.25, 0.3) is 11.3 Å². The molecule has 2 atom stereocenters. The number of aliphatic carboxylic acids is 1. The molecule has 3 heterocycles. The topological polar surface area (TPSA) is 170 Å². The van der Waals surface area contributed by atoms with Gasteiger partial charge < -0.3 is 25.5 Å². The fourth-order valence-corrected chi connectivity index (χ4v) is 6.28. The van der Waals surface area contributed by atoms with Gasteiger partial charge in [-0.05, 0) is 67.4 Å². The number of rotatable bonds is 13. The van der Waals surface area contributed by atoms with E-state index in [1.807, 2.05) is 67.6 Å². The molecular formula is C33H38N7O6P. The average Bonchev–Trinajstić information content (AvgIpc) is 3.06. The summed E-state index contributed by atoms with van der Waals surface area (Å²) in [5, 5.41) is 15.1. The second-order valence-electron chi connectivity index (χ2n) is 11.4. The van der Waals surface area contributed by atoms with Gasteiger partial charge in [0, 0.05) is 80.4 Å². The van der Waals surface area contributed by atoms with Crippen LogP contribution in [-0.4, -0.2) is 91.6 Å². The minimum atomic E-state index is -3.98. The van der Waals surface area contributed by atoms with Crippen molar-refractivity contribution in [2.24, 2.45) is 0 Å². The molecule has 1 fully saturated rings. The van der Waals surface area contributed by atoms with Gasteiger partial charge in [-0.2, -0.15) is 0 Å². The van der Waals surface area contributed by atoms with Crippen LogP contribution >= 0.6 is 7.60 Å². The van der Waals surface area contributed by atoms with Crippen molar-refractivity contribution >= 4 is 36.8 Å². The van der Waals surface area contributed by atoms with E-state index in [1.165, 1.54) is 6.92 Å². The first-order valence-electron chi connectivity index (χ1n) is 15.2. The van der Waals surface area contributed by atoms with Crippen molar-refractivity contribution < 1.29 is 28.7 Å². The number of carbonyl (C=O) groups is 2. The molecule has 0 spiro atoms. The monoisotopic (exact) mass is 659 g/mol. The van der Waals surface area contributed by atoms with E-state index >= 15 is 0 Å². The predicted molar refractivity (Wildman–Crippen MR) is 179 cm³/mol. The lowest BCUT2D eigenvalue weighted by atomic mass is 10.1. The molecule has 5 rings (SSSR count). The maximum atomic E-state index is 13.1. The lowest BCUT2D eigenvalue weighted by Gasteiger charge is -2.35. The van der Waals surface area contributed by atoms with Crippen LogP contribution in [0.4, 0.5) is 17.3 Å². The highest BCUT2D eigenvalue weighted by Crippen LogP contribution is 2.43. The molecule has 1 saturated heterocycles. The molecule has 2 unspecified atom stereocenters. The Morgan fingerprint density at radius 2 is 1.77 bits per heavy atom. The first-order valence-corrected chi connectivity index (χ1v) is 17.0. The molecule has 0 radical (unpaired) electrons. The number of carbonyl (C=O) groups excluding carboxylic acids is 1. The molecule has 47 heavy (non-hydrogen) atoms. The molecule has 1 aliphatic rings. The number of nitrogens with zero attached hydrogens (tertiary/aromatic N) is 5. The Bertz CT molecular complexity index is 1730. The van der Waals surface area contributed by atoms with E-state index in [0.29, 0.717) is 43.4 Å². The van der Waals surface area contributed by atoms with Gasteiger partial charge in [0.05, 0.1) is 11.9 Å². The van der Waals surface area contributed by atoms with Crippen molar-refractivity contribution in [2.75, 3.05) is 49.5 Å². The molecule has 2 aromatic carbocycles. The molecule has 246 valence electrons. The molecule has 1 amide bonds. The molecule has 0 saturated carbocycles. The van der Waals surface area contributed by atoms with Crippen molar-refractivity contribution in [3.8, 4) is 11.3 Å². The number of carboxylic acid groups (broad SMARTS) is 1. The zero-order valence-electron chi connectivity index (χ0n) is 26.2. The van der Waals surface area contributed by atoms with E-state index in [1.54, 1.807) is 18.6 Å². The number of benzene rings is 2. The third kappa shape index (κ3) is 9.74. The van der Waals surface area contributed by atoms with E-state index in [0.717, 1.165) is 41.2 Å². The van der Waals surface area contributed by atoms with Gasteiger partial charge in [0.25, 0.3) is 5.91 Å². The van der Waals surface area contributed by atoms with Gasteiger partial charge in [0.1, 0.15) is 0 Å². The molecule has 0 bridgehead atoms. The predicted octanol–water partition coefficient (Wildman–Crippen LogP) is 4.64. The van der Waals surface area contributed by atoms with Crippen LogP contribution in [0.3, 0.4) is 0 Å². The molecule has 0 aliphatic carbocycles. The normalized spacial score (nSPS) is 15.8. The van der Waals surface area contributed by atoms with Gasteiger partial charge in [0.15, 0.2) is 6.10 Å². The summed E-state index contributed by atoms with van der Waals surface area (Å²) in [6.45, 7) is 7.23. The van der Waals surface area contributed by atoms with Gasteiger partial charge in [-0.1, -0.05) is 18.2 Å². The van der Waals surface area contributed by atoms with Crippen molar-refractivity contribution in [1.82, 2.24) is 24.8 Å². The highest BCUT2D eigenvalue weighted by molar-refractivity contribution is 7.52. The van der Waals surface area contributed by atoms with Gasteiger partial charge in [-0.3, -0.25) is 23.8 Å². The Hall–Kier alpha value is -4.52. The van der Waals surface area contributed by atoms with Gasteiger partial charge in [-0.25, -0.2) is 14.8 Å². The Morgan fingerprint density at radius 1 is 1.02 bits per heavy atom. The SMILES string of the molecule is Cc1ccc(NC(=O)c2ccc(CN3CCN(CCP(=O)(O)OC(C)C(=O)O)CC3)cc2)cc1Nc1nccc(-c2cccnc2)n1. The standard InChI is InChI=1S/C33H38N7O6P/c1-23-5-10-28(20-30(23)38-33-35-13-11-29(37-33)27-4-3-12-34-21-27)36-31(41)26-8-6-25(7-9-26)22-40-16-14-39(15-17-40)18-19-47(44,45)46-24(2)32(42)43/h3-13,20-21,24H,14-19,22H2,1-2H3,(H,36,41)(H,42,43)(H,44,45)(H,35,37,38). The summed E-state index contributed by atoms with van der Waals surface area (Å²) >= 11 is 0. The Morgan fingerprint density at radius 3 is 2.47 bits per heavy atom. The molecule has 4 aromatic rings. The first-order chi connectivity index (χ1) is 22.5. The van der Waals surface area contributed by atoms with Crippen LogP contribution in [-0.2, 0) is 20.4 Å². The first kappa shape index (κ1) is 33.8. The van der Waals surface area contributed by atoms with Crippen molar-refractivity contribution in [3.63, 3.8) is 0 Å². The molecule has 4 N–H and O–H groups in total. The van der Waals surface area contributed by atoms with E-state index < -0.39 is 19.7 Å². The molecule has 13 nitrogen and oxygen atoms in total. The smallest absolute Gasteiger partial charge is 0.333 e. The van der Waals surface area contributed by atoms with Crippen molar-refractivity contribution in [2.45, 2.75) is 26.5 Å². The second-order valence-corrected chi connectivity index (χ2v) is 13.3. The number of hydrogen-bond acceptors (Lipinski definition) is 10. The second kappa shape index (κ2) is 15.4. The minimum absolute atomic E-state index is 0.121. The summed E-state index contributed by atoms with van der Waals surface area (Å²) in [4.78, 5) is 51.4. The number of piperazine rings is 1. The Balaban J connectivity index is 1.11. The van der Waals surface area contributed by atoms with Crippen LogP contribution in [0.5, 0.6) is 0 Å². The summed E-state index contributed by atoms with van der Waals surface area (Å²) < 4.78 is 17.0. The fourth-order valence-electron chi connectivity index (χ4n) is 5.06. The van der Waals surface area contributed by atoms with E-state index in [4.69, 9.17) is 9.63 Å². The largest absolute Gasteiger partial charge is 0.479 e. The highest BCUT2D eigenvalue weighted by atomic mass is 31.2. The maximum absolute atomic E-state index is 13.1. The zero-order valence-corrected chi connectivity index (χ0v) is 27.1. The number of hydrogen-bond donors (Lipinski definition) is 4. The zero-order chi connectivity index (χ0) is 33.4. The van der Waals surface area contributed by atoms with Crippen LogP contribution in [0.1, 0.15) is 28.4 Å². The molecule has 1 aliphatic heterocycles. The highest BCUT2D eigenvalue weighted by Gasteiger charge is 2.28. The van der Waals surface area contributed by atoms with Crippen molar-refractivity contribution in [3.05, 3.63) is 95.9 Å². The van der Waals surface area contributed by atoms with E-state index in [-0.39, 0.29) is 12.1 Å². The summed E-state index contributed by atoms with van der Waals surface area (Å²) in [7, 11) is -3.98. The summed E-state index contributed by atoms with van der Waals surface area (Å²) in [5.41, 5.74) is 5.61. The van der Waals surface area contributed by atoms with Crippen LogP contribution in [0.15, 0.2) is 79.3 Å². The number of amides is 1. The van der Waals surface area contributed by atoms with Crippen molar-refractivity contribution in [1.29, 1.82) is 0 Å². The minimum Gasteiger partial charge on any atom is -0.479 e. The van der Waals surface area contributed by atoms with Crippen LogP contribution in [0, 0.1) is 6.92 Å². The van der Waals surface area contributed by atoms with Gasteiger partial charge in [-0.15, -0.1) is 0 Å². The third-order valence-electron chi connectivity index (χ3n) is 7.81. The maximum Gasteiger partial charge on any atom is 0.333 e. The van der Waals surface area contributed by atoms with Gasteiger partial charge in [0.2, 0.25) is 5.95 Å². The molecular weight excluding hydrogens is 621 g/mol. The Labute approximate surface area is 273 Å². The fraction of sp³-hybridized carbons (Fsp3) is 0.303.